The Balaban J connectivity index is 1.94. The predicted molar refractivity (Wildman–Crippen MR) is 66.0 cm³/mol. The minimum Gasteiger partial charge on any atom is -0.453 e. The van der Waals surface area contributed by atoms with E-state index in [4.69, 9.17) is 0 Å². The number of likely N-dealkylation sites (tertiary alicyclic amines) is 1. The molecule has 2 fully saturated rings. The number of ether oxygens (including phenoxy) is 1. The molecule has 2 rings (SSSR count). The van der Waals surface area contributed by atoms with E-state index in [1.165, 1.54) is 7.11 Å². The van der Waals surface area contributed by atoms with Crippen LogP contribution in [-0.2, 0) is 9.53 Å². The van der Waals surface area contributed by atoms with Gasteiger partial charge in [0.15, 0.2) is 0 Å². The number of nitrogens with one attached hydrogen (secondary N) is 2. The minimum absolute atomic E-state index is 0.0123. The molecule has 0 aromatic heterocycles. The van der Waals surface area contributed by atoms with Crippen molar-refractivity contribution in [2.24, 2.45) is 11.8 Å². The predicted octanol–water partition coefficient (Wildman–Crippen LogP) is -0.201. The van der Waals surface area contributed by atoms with Gasteiger partial charge in [-0.2, -0.15) is 0 Å². The summed E-state index contributed by atoms with van der Waals surface area (Å²) in [6.45, 7) is 7.50. The maximum absolute atomic E-state index is 11.7. The first-order chi connectivity index (χ1) is 8.45. The average Bonchev–Trinajstić information content (AvgIpc) is 2.83. The second kappa shape index (κ2) is 4.85. The number of methoxy groups -OCH3 is 1. The van der Waals surface area contributed by atoms with Crippen molar-refractivity contribution in [2.75, 3.05) is 33.3 Å². The molecule has 0 bridgehead atoms. The van der Waals surface area contributed by atoms with Crippen molar-refractivity contribution in [3.8, 4) is 0 Å². The third-order valence-electron chi connectivity index (χ3n) is 4.28. The van der Waals surface area contributed by atoms with Crippen LogP contribution in [0.4, 0.5) is 4.79 Å². The standard InChI is InChI=1S/C12H21N3O3/c1-12(2)9-5-13-4-8(9)6-15(12)7-10(16)14-11(17)18-3/h8-9,13H,4-7H2,1-3H3,(H,14,16,17). The molecule has 2 unspecified atom stereocenters. The SMILES string of the molecule is COC(=O)NC(=O)CN1CC2CNCC2C1(C)C. The number of hydrogen-bond donors (Lipinski definition) is 2. The number of imide groups is 1. The molecule has 0 spiro atoms. The smallest absolute Gasteiger partial charge is 0.413 e. The number of carbonyl (C=O) groups is 2. The van der Waals surface area contributed by atoms with Crippen LogP contribution in [0.2, 0.25) is 0 Å². The van der Waals surface area contributed by atoms with Crippen molar-refractivity contribution in [3.05, 3.63) is 0 Å². The van der Waals surface area contributed by atoms with Gasteiger partial charge in [-0.05, 0) is 32.2 Å². The van der Waals surface area contributed by atoms with Gasteiger partial charge in [-0.15, -0.1) is 0 Å². The first-order valence-corrected chi connectivity index (χ1v) is 6.28. The van der Waals surface area contributed by atoms with Crippen LogP contribution in [0.1, 0.15) is 13.8 Å². The summed E-state index contributed by atoms with van der Waals surface area (Å²) >= 11 is 0. The zero-order valence-electron chi connectivity index (χ0n) is 11.2. The van der Waals surface area contributed by atoms with Crippen molar-refractivity contribution >= 4 is 12.0 Å². The number of hydrogen-bond acceptors (Lipinski definition) is 5. The fraction of sp³-hybridized carbons (Fsp3) is 0.833. The Kier molecular flexibility index (Phi) is 3.59. The first kappa shape index (κ1) is 13.3. The third kappa shape index (κ3) is 2.35. The van der Waals surface area contributed by atoms with E-state index in [0.717, 1.165) is 19.6 Å². The Morgan fingerprint density at radius 2 is 2.17 bits per heavy atom. The highest BCUT2D eigenvalue weighted by atomic mass is 16.5. The van der Waals surface area contributed by atoms with Gasteiger partial charge in [0.25, 0.3) is 0 Å². The lowest BCUT2D eigenvalue weighted by Crippen LogP contribution is -2.49. The molecule has 0 aliphatic carbocycles. The Morgan fingerprint density at radius 3 is 2.78 bits per heavy atom. The maximum atomic E-state index is 11.7. The lowest BCUT2D eigenvalue weighted by Gasteiger charge is -2.35. The van der Waals surface area contributed by atoms with Crippen molar-refractivity contribution in [3.63, 3.8) is 0 Å². The highest BCUT2D eigenvalue weighted by molar-refractivity contribution is 5.92. The molecule has 2 aliphatic heterocycles. The molecule has 0 radical (unpaired) electrons. The minimum atomic E-state index is -0.695. The fourth-order valence-electron chi connectivity index (χ4n) is 3.15. The van der Waals surface area contributed by atoms with Crippen LogP contribution in [0, 0.1) is 11.8 Å². The highest BCUT2D eigenvalue weighted by Gasteiger charge is 2.49. The largest absolute Gasteiger partial charge is 0.453 e. The number of amides is 2. The number of nitrogens with zero attached hydrogens (tertiary/aromatic N) is 1. The number of rotatable bonds is 2. The van der Waals surface area contributed by atoms with Crippen LogP contribution in [0.5, 0.6) is 0 Å². The monoisotopic (exact) mass is 255 g/mol. The summed E-state index contributed by atoms with van der Waals surface area (Å²) in [6.07, 6.45) is -0.695. The van der Waals surface area contributed by atoms with Gasteiger partial charge in [0.2, 0.25) is 5.91 Å². The Morgan fingerprint density at radius 1 is 1.44 bits per heavy atom. The molecular weight excluding hydrogens is 234 g/mol. The van der Waals surface area contributed by atoms with Crippen LogP contribution < -0.4 is 10.6 Å². The second-order valence-electron chi connectivity index (χ2n) is 5.60. The molecule has 0 aromatic rings. The van der Waals surface area contributed by atoms with Gasteiger partial charge in [-0.1, -0.05) is 0 Å². The molecule has 2 amide bonds. The molecule has 2 atom stereocenters. The van der Waals surface area contributed by atoms with Gasteiger partial charge in [-0.25, -0.2) is 4.79 Å². The van der Waals surface area contributed by atoms with E-state index in [1.807, 2.05) is 0 Å². The zero-order valence-corrected chi connectivity index (χ0v) is 11.2. The summed E-state index contributed by atoms with van der Waals surface area (Å²) in [7, 11) is 1.25. The Labute approximate surface area is 107 Å². The van der Waals surface area contributed by atoms with Gasteiger partial charge in [0, 0.05) is 18.6 Å². The fourth-order valence-corrected chi connectivity index (χ4v) is 3.15. The van der Waals surface area contributed by atoms with E-state index in [-0.39, 0.29) is 18.0 Å². The molecule has 6 nitrogen and oxygen atoms in total. The van der Waals surface area contributed by atoms with Crippen LogP contribution in [-0.4, -0.2) is 55.7 Å². The summed E-state index contributed by atoms with van der Waals surface area (Å²) < 4.78 is 4.41. The van der Waals surface area contributed by atoms with Crippen molar-refractivity contribution in [1.82, 2.24) is 15.5 Å². The second-order valence-corrected chi connectivity index (χ2v) is 5.60. The Bertz CT molecular complexity index is 356. The average molecular weight is 255 g/mol. The maximum Gasteiger partial charge on any atom is 0.413 e. The van der Waals surface area contributed by atoms with Gasteiger partial charge in [0.05, 0.1) is 13.7 Å². The molecule has 102 valence electrons. The molecule has 0 aromatic carbocycles. The molecule has 2 aliphatic rings. The van der Waals surface area contributed by atoms with Gasteiger partial charge in [-0.3, -0.25) is 15.0 Å². The highest BCUT2D eigenvalue weighted by Crippen LogP contribution is 2.40. The van der Waals surface area contributed by atoms with E-state index in [1.54, 1.807) is 0 Å². The molecule has 6 heteroatoms. The van der Waals surface area contributed by atoms with Gasteiger partial charge >= 0.3 is 6.09 Å². The summed E-state index contributed by atoms with van der Waals surface area (Å²) in [5, 5.41) is 5.60. The number of fused-ring (bicyclic) bond motifs is 1. The van der Waals surface area contributed by atoms with E-state index in [0.29, 0.717) is 11.8 Å². The van der Waals surface area contributed by atoms with Crippen molar-refractivity contribution in [1.29, 1.82) is 0 Å². The van der Waals surface area contributed by atoms with E-state index in [9.17, 15) is 9.59 Å². The first-order valence-electron chi connectivity index (χ1n) is 6.28. The molecule has 2 heterocycles. The molecule has 2 saturated heterocycles. The molecule has 2 N–H and O–H groups in total. The lowest BCUT2D eigenvalue weighted by molar-refractivity contribution is -0.122. The summed E-state index contributed by atoms with van der Waals surface area (Å²) in [4.78, 5) is 24.8. The van der Waals surface area contributed by atoms with E-state index >= 15 is 0 Å². The normalized spacial score (nSPS) is 29.9. The van der Waals surface area contributed by atoms with Crippen LogP contribution in [0.3, 0.4) is 0 Å². The van der Waals surface area contributed by atoms with E-state index in [2.05, 4.69) is 34.1 Å². The van der Waals surface area contributed by atoms with E-state index < -0.39 is 6.09 Å². The lowest BCUT2D eigenvalue weighted by atomic mass is 9.85. The van der Waals surface area contributed by atoms with Crippen molar-refractivity contribution < 1.29 is 14.3 Å². The van der Waals surface area contributed by atoms with Crippen LogP contribution >= 0.6 is 0 Å². The molecule has 0 saturated carbocycles. The third-order valence-corrected chi connectivity index (χ3v) is 4.28. The van der Waals surface area contributed by atoms with Gasteiger partial charge < -0.3 is 10.1 Å². The molecule has 18 heavy (non-hydrogen) atoms. The summed E-state index contributed by atoms with van der Waals surface area (Å²) in [6, 6.07) is 0. The van der Waals surface area contributed by atoms with Crippen molar-refractivity contribution in [2.45, 2.75) is 19.4 Å². The van der Waals surface area contributed by atoms with Gasteiger partial charge in [0.1, 0.15) is 0 Å². The van der Waals surface area contributed by atoms with Crippen LogP contribution in [0.25, 0.3) is 0 Å². The number of carbonyl (C=O) groups excluding carboxylic acids is 2. The molecular formula is C12H21N3O3. The number of alkyl carbamates (subject to hydrolysis) is 1. The summed E-state index contributed by atoms with van der Waals surface area (Å²) in [5.41, 5.74) is -0.0123. The topological polar surface area (TPSA) is 70.7 Å². The zero-order chi connectivity index (χ0) is 13.3. The quantitative estimate of drug-likeness (QED) is 0.715. The Hall–Kier alpha value is -1.14. The summed E-state index contributed by atoms with van der Waals surface area (Å²) in [5.74, 6) is 0.872. The van der Waals surface area contributed by atoms with Crippen LogP contribution in [0.15, 0.2) is 0 Å².